The first-order valence-corrected chi connectivity index (χ1v) is 8.29. The first-order chi connectivity index (χ1) is 9.70. The number of halogens is 3. The van der Waals surface area contributed by atoms with Gasteiger partial charge in [-0.25, -0.2) is 8.42 Å². The van der Waals surface area contributed by atoms with Gasteiger partial charge in [-0.1, -0.05) is 34.8 Å². The van der Waals surface area contributed by atoms with E-state index in [0.29, 0.717) is 11.3 Å². The molecule has 2 rings (SSSR count). The van der Waals surface area contributed by atoms with Crippen molar-refractivity contribution in [3.05, 3.63) is 51.0 Å². The van der Waals surface area contributed by atoms with E-state index in [2.05, 4.69) is 4.72 Å². The molecule has 2 N–H and O–H groups in total. The Bertz CT molecular complexity index is 807. The van der Waals surface area contributed by atoms with Gasteiger partial charge in [0.25, 0.3) is 10.0 Å². The lowest BCUT2D eigenvalue weighted by Crippen LogP contribution is -2.14. The molecule has 0 radical (unpaired) electrons. The van der Waals surface area contributed by atoms with E-state index in [4.69, 9.17) is 34.8 Å². The van der Waals surface area contributed by atoms with Crippen LogP contribution in [0.5, 0.6) is 5.75 Å². The minimum Gasteiger partial charge on any atom is -0.508 e. The van der Waals surface area contributed by atoms with Gasteiger partial charge in [0.15, 0.2) is 0 Å². The number of phenols is 1. The van der Waals surface area contributed by atoms with Gasteiger partial charge in [0.1, 0.15) is 10.6 Å². The van der Waals surface area contributed by atoms with E-state index >= 15 is 0 Å². The maximum Gasteiger partial charge on any atom is 0.263 e. The molecule has 0 aliphatic rings. The lowest BCUT2D eigenvalue weighted by Gasteiger charge is -2.12. The van der Waals surface area contributed by atoms with Crippen molar-refractivity contribution in [2.75, 3.05) is 4.72 Å². The molecule has 0 heterocycles. The molecule has 0 unspecified atom stereocenters. The molecule has 0 aromatic heterocycles. The predicted molar refractivity (Wildman–Crippen MR) is 85.1 cm³/mol. The fourth-order valence-electron chi connectivity index (χ4n) is 1.67. The van der Waals surface area contributed by atoms with E-state index < -0.39 is 10.0 Å². The smallest absolute Gasteiger partial charge is 0.263 e. The predicted octanol–water partition coefficient (Wildman–Crippen LogP) is 4.46. The van der Waals surface area contributed by atoms with Crippen LogP contribution in [-0.4, -0.2) is 13.5 Å². The normalized spacial score (nSPS) is 11.4. The molecule has 0 spiro atoms. The Balaban J connectivity index is 2.46. The first kappa shape index (κ1) is 16.2. The summed E-state index contributed by atoms with van der Waals surface area (Å²) in [7, 11) is -3.93. The highest BCUT2D eigenvalue weighted by Gasteiger charge is 2.20. The van der Waals surface area contributed by atoms with Crippen molar-refractivity contribution in [2.45, 2.75) is 11.8 Å². The summed E-state index contributed by atoms with van der Waals surface area (Å²) in [6.07, 6.45) is 0. The second-order valence-corrected chi connectivity index (χ2v) is 7.17. The largest absolute Gasteiger partial charge is 0.508 e. The van der Waals surface area contributed by atoms with Crippen LogP contribution in [0.1, 0.15) is 5.56 Å². The Kier molecular flexibility index (Phi) is 4.58. The molecule has 0 bridgehead atoms. The van der Waals surface area contributed by atoms with Crippen LogP contribution >= 0.6 is 34.8 Å². The molecule has 4 nitrogen and oxygen atoms in total. The van der Waals surface area contributed by atoms with Gasteiger partial charge >= 0.3 is 0 Å². The third-order valence-corrected chi connectivity index (χ3v) is 5.27. The van der Waals surface area contributed by atoms with Gasteiger partial charge in [-0.05, 0) is 42.8 Å². The summed E-state index contributed by atoms with van der Waals surface area (Å²) < 4.78 is 27.1. The molecule has 0 saturated heterocycles. The van der Waals surface area contributed by atoms with Gasteiger partial charge in [0.05, 0.1) is 20.8 Å². The van der Waals surface area contributed by atoms with Gasteiger partial charge in [-0.15, -0.1) is 0 Å². The lowest BCUT2D eigenvalue weighted by atomic mass is 10.2. The molecule has 0 aliphatic heterocycles. The molecule has 0 atom stereocenters. The van der Waals surface area contributed by atoms with Crippen molar-refractivity contribution in [2.24, 2.45) is 0 Å². The van der Waals surface area contributed by atoms with Gasteiger partial charge < -0.3 is 5.11 Å². The van der Waals surface area contributed by atoms with Crippen molar-refractivity contribution < 1.29 is 13.5 Å². The van der Waals surface area contributed by atoms with Crippen LogP contribution in [0.2, 0.25) is 15.1 Å². The first-order valence-electron chi connectivity index (χ1n) is 5.67. The monoisotopic (exact) mass is 365 g/mol. The average molecular weight is 367 g/mol. The number of hydrogen-bond acceptors (Lipinski definition) is 3. The zero-order chi connectivity index (χ0) is 15.8. The second-order valence-electron chi connectivity index (χ2n) is 4.30. The van der Waals surface area contributed by atoms with Crippen molar-refractivity contribution >= 4 is 50.5 Å². The van der Waals surface area contributed by atoms with Crippen LogP contribution in [-0.2, 0) is 10.0 Å². The standard InChI is InChI=1S/C13H10Cl3NO3S/c1-7-4-8(18)2-3-12(7)17-21(19,20)13-6-10(15)9(14)5-11(13)16/h2-6,17-18H,1H3. The molecule has 21 heavy (non-hydrogen) atoms. The Hall–Kier alpha value is -1.14. The highest BCUT2D eigenvalue weighted by molar-refractivity contribution is 7.92. The van der Waals surface area contributed by atoms with Gasteiger partial charge in [-0.3, -0.25) is 4.72 Å². The molecule has 0 aliphatic carbocycles. The number of rotatable bonds is 3. The second kappa shape index (κ2) is 5.93. The fourth-order valence-corrected chi connectivity index (χ4v) is 3.81. The van der Waals surface area contributed by atoms with E-state index in [0.717, 1.165) is 0 Å². The summed E-state index contributed by atoms with van der Waals surface area (Å²) in [4.78, 5) is -0.175. The molecule has 2 aromatic carbocycles. The molecular weight excluding hydrogens is 357 g/mol. The zero-order valence-corrected chi connectivity index (χ0v) is 13.8. The molecule has 0 saturated carbocycles. The Labute approximate surface area is 137 Å². The summed E-state index contributed by atoms with van der Waals surface area (Å²) in [5.41, 5.74) is 0.893. The Morgan fingerprint density at radius 2 is 1.62 bits per heavy atom. The van der Waals surface area contributed by atoms with Crippen LogP contribution in [0.25, 0.3) is 0 Å². The van der Waals surface area contributed by atoms with E-state index in [-0.39, 0.29) is 25.7 Å². The number of hydrogen-bond donors (Lipinski definition) is 2. The molecule has 8 heteroatoms. The Morgan fingerprint density at radius 1 is 1.00 bits per heavy atom. The number of sulfonamides is 1. The SMILES string of the molecule is Cc1cc(O)ccc1NS(=O)(=O)c1cc(Cl)c(Cl)cc1Cl. The van der Waals surface area contributed by atoms with Crippen LogP contribution in [0.3, 0.4) is 0 Å². The minimum atomic E-state index is -3.93. The zero-order valence-electron chi connectivity index (χ0n) is 10.7. The van der Waals surface area contributed by atoms with Crippen LogP contribution in [0.15, 0.2) is 35.2 Å². The maximum atomic E-state index is 12.4. The van der Waals surface area contributed by atoms with E-state index in [1.54, 1.807) is 6.92 Å². The third-order valence-electron chi connectivity index (χ3n) is 2.72. The van der Waals surface area contributed by atoms with Crippen molar-refractivity contribution in [1.29, 1.82) is 0 Å². The molecule has 0 amide bonds. The number of aryl methyl sites for hydroxylation is 1. The summed E-state index contributed by atoms with van der Waals surface area (Å²) in [5.74, 6) is 0.0445. The van der Waals surface area contributed by atoms with Crippen molar-refractivity contribution in [3.63, 3.8) is 0 Å². The quantitative estimate of drug-likeness (QED) is 0.622. The molecule has 112 valence electrons. The van der Waals surface area contributed by atoms with Crippen LogP contribution in [0, 0.1) is 6.92 Å². The lowest BCUT2D eigenvalue weighted by molar-refractivity contribution is 0.475. The number of anilines is 1. The fraction of sp³-hybridized carbons (Fsp3) is 0.0769. The molecule has 0 fully saturated rings. The summed E-state index contributed by atoms with van der Waals surface area (Å²) in [6.45, 7) is 1.66. The highest BCUT2D eigenvalue weighted by atomic mass is 35.5. The van der Waals surface area contributed by atoms with Gasteiger partial charge in [0.2, 0.25) is 0 Å². The topological polar surface area (TPSA) is 66.4 Å². The van der Waals surface area contributed by atoms with E-state index in [1.807, 2.05) is 0 Å². The highest BCUT2D eigenvalue weighted by Crippen LogP contribution is 2.33. The summed E-state index contributed by atoms with van der Waals surface area (Å²) in [6, 6.07) is 6.72. The minimum absolute atomic E-state index is 0.0340. The summed E-state index contributed by atoms with van der Waals surface area (Å²) >= 11 is 17.5. The van der Waals surface area contributed by atoms with Gasteiger partial charge in [-0.2, -0.15) is 0 Å². The average Bonchev–Trinajstić information content (AvgIpc) is 2.37. The van der Waals surface area contributed by atoms with Crippen LogP contribution in [0.4, 0.5) is 5.69 Å². The molecule has 2 aromatic rings. The van der Waals surface area contributed by atoms with Crippen molar-refractivity contribution in [3.8, 4) is 5.75 Å². The maximum absolute atomic E-state index is 12.4. The van der Waals surface area contributed by atoms with E-state index in [1.165, 1.54) is 30.3 Å². The number of phenolic OH excluding ortho intramolecular Hbond substituents is 1. The summed E-state index contributed by atoms with van der Waals surface area (Å²) in [5, 5.41) is 9.55. The Morgan fingerprint density at radius 3 is 2.24 bits per heavy atom. The van der Waals surface area contributed by atoms with E-state index in [9.17, 15) is 13.5 Å². The molecular formula is C13H10Cl3NO3S. The van der Waals surface area contributed by atoms with Crippen LogP contribution < -0.4 is 4.72 Å². The third kappa shape index (κ3) is 3.55. The van der Waals surface area contributed by atoms with Crippen molar-refractivity contribution in [1.82, 2.24) is 0 Å². The number of benzene rings is 2. The number of aromatic hydroxyl groups is 1. The number of nitrogens with one attached hydrogen (secondary N) is 1. The van der Waals surface area contributed by atoms with Gasteiger partial charge in [0, 0.05) is 0 Å².